The fourth-order valence-electron chi connectivity index (χ4n) is 5.22. The maximum Gasteiger partial charge on any atom is 0.299 e. The van der Waals surface area contributed by atoms with Crippen molar-refractivity contribution in [3.05, 3.63) is 114 Å². The van der Waals surface area contributed by atoms with Crippen molar-refractivity contribution in [2.24, 2.45) is 0 Å². The van der Waals surface area contributed by atoms with Gasteiger partial charge in [0.15, 0.2) is 0 Å². The Morgan fingerprint density at radius 1 is 0.822 bits per heavy atom. The Balaban J connectivity index is 1.55. The van der Waals surface area contributed by atoms with E-state index in [0.29, 0.717) is 28.4 Å². The third-order valence-electron chi connectivity index (χ3n) is 7.63. The van der Waals surface area contributed by atoms with Gasteiger partial charge in [-0.05, 0) is 71.8 Å². The van der Waals surface area contributed by atoms with Crippen LogP contribution < -0.4 is 24.6 Å². The standard InChI is InChI=1S/C35H34N4O6/c1-37(2)26-16-14-25(15-17-26)36-34(42)32(24-8-7-9-28(20-24)45-4)39(21-23-12-18-27(44-3)19-13-23)31(40)22-38-30-11-6-5-10-29(30)33(41)35(38)43/h5-20,32H,21-22H2,1-4H3,(H,36,42). The minimum atomic E-state index is -1.13. The Morgan fingerprint density at radius 3 is 2.18 bits per heavy atom. The highest BCUT2D eigenvalue weighted by molar-refractivity contribution is 6.52. The molecule has 45 heavy (non-hydrogen) atoms. The van der Waals surface area contributed by atoms with E-state index in [1.165, 1.54) is 16.9 Å². The molecule has 1 aliphatic heterocycles. The van der Waals surface area contributed by atoms with Gasteiger partial charge in [-0.3, -0.25) is 24.1 Å². The molecule has 1 atom stereocenters. The third kappa shape index (κ3) is 6.65. The number of methoxy groups -OCH3 is 2. The van der Waals surface area contributed by atoms with Crippen molar-refractivity contribution in [1.82, 2.24) is 4.90 Å². The number of nitrogens with one attached hydrogen (secondary N) is 1. The molecule has 4 aromatic carbocycles. The number of fused-ring (bicyclic) bond motifs is 1. The monoisotopic (exact) mass is 606 g/mol. The van der Waals surface area contributed by atoms with Crippen LogP contribution in [0.15, 0.2) is 97.1 Å². The summed E-state index contributed by atoms with van der Waals surface area (Å²) >= 11 is 0. The van der Waals surface area contributed by atoms with Crippen LogP contribution in [0.25, 0.3) is 0 Å². The largest absolute Gasteiger partial charge is 0.497 e. The van der Waals surface area contributed by atoms with Crippen LogP contribution >= 0.6 is 0 Å². The topological polar surface area (TPSA) is 108 Å². The molecule has 5 rings (SSSR count). The van der Waals surface area contributed by atoms with Crippen LogP contribution in [0.3, 0.4) is 0 Å². The summed E-state index contributed by atoms with van der Waals surface area (Å²) in [5, 5.41) is 2.96. The molecule has 10 heteroatoms. The molecule has 1 N–H and O–H groups in total. The summed E-state index contributed by atoms with van der Waals surface area (Å²) in [6.07, 6.45) is 0. The number of para-hydroxylation sites is 1. The number of rotatable bonds is 11. The van der Waals surface area contributed by atoms with Crippen molar-refractivity contribution >= 4 is 40.6 Å². The van der Waals surface area contributed by atoms with E-state index in [9.17, 15) is 19.2 Å². The fraction of sp³-hybridized carbons (Fsp3) is 0.200. The molecule has 3 amide bonds. The van der Waals surface area contributed by atoms with Crippen LogP contribution in [0, 0.1) is 0 Å². The molecule has 0 bridgehead atoms. The molecule has 1 aliphatic rings. The molecule has 0 aromatic heterocycles. The zero-order valence-corrected chi connectivity index (χ0v) is 25.5. The van der Waals surface area contributed by atoms with Crippen LogP contribution in [0.5, 0.6) is 11.5 Å². The third-order valence-corrected chi connectivity index (χ3v) is 7.63. The molecule has 0 radical (unpaired) electrons. The quantitative estimate of drug-likeness (QED) is 0.247. The lowest BCUT2D eigenvalue weighted by atomic mass is 10.0. The van der Waals surface area contributed by atoms with Gasteiger partial charge in [-0.1, -0.05) is 36.4 Å². The zero-order chi connectivity index (χ0) is 32.1. The maximum atomic E-state index is 14.3. The number of Topliss-reactive ketones (excluding diaryl/α,β-unsaturated/α-hetero) is 1. The van der Waals surface area contributed by atoms with Crippen molar-refractivity contribution in [3.8, 4) is 11.5 Å². The summed E-state index contributed by atoms with van der Waals surface area (Å²) in [4.78, 5) is 58.8. The van der Waals surface area contributed by atoms with Gasteiger partial charge >= 0.3 is 0 Å². The van der Waals surface area contributed by atoms with E-state index in [4.69, 9.17) is 9.47 Å². The van der Waals surface area contributed by atoms with Crippen LogP contribution in [0.2, 0.25) is 0 Å². The number of nitrogens with zero attached hydrogens (tertiary/aromatic N) is 3. The molecular formula is C35H34N4O6. The molecule has 0 aliphatic carbocycles. The van der Waals surface area contributed by atoms with Gasteiger partial charge in [0.2, 0.25) is 5.91 Å². The van der Waals surface area contributed by atoms with Gasteiger partial charge in [0.05, 0.1) is 25.5 Å². The van der Waals surface area contributed by atoms with Gasteiger partial charge in [-0.15, -0.1) is 0 Å². The smallest absolute Gasteiger partial charge is 0.299 e. The first-order valence-electron chi connectivity index (χ1n) is 14.3. The zero-order valence-electron chi connectivity index (χ0n) is 25.5. The lowest BCUT2D eigenvalue weighted by molar-refractivity contribution is -0.139. The second kappa shape index (κ2) is 13.3. The van der Waals surface area contributed by atoms with Gasteiger partial charge in [0.1, 0.15) is 24.1 Å². The molecule has 0 spiro atoms. The lowest BCUT2D eigenvalue weighted by Gasteiger charge is -2.33. The van der Waals surface area contributed by atoms with Crippen molar-refractivity contribution in [1.29, 1.82) is 0 Å². The highest BCUT2D eigenvalue weighted by Crippen LogP contribution is 2.32. The molecule has 10 nitrogen and oxygen atoms in total. The number of hydrogen-bond donors (Lipinski definition) is 1. The molecule has 0 saturated heterocycles. The number of carbonyl (C=O) groups is 4. The van der Waals surface area contributed by atoms with E-state index < -0.39 is 36.1 Å². The number of carbonyl (C=O) groups excluding carboxylic acids is 4. The minimum absolute atomic E-state index is 0.0231. The van der Waals surface area contributed by atoms with Gasteiger partial charge in [0.25, 0.3) is 17.6 Å². The van der Waals surface area contributed by atoms with Gasteiger partial charge in [0, 0.05) is 32.0 Å². The van der Waals surface area contributed by atoms with Gasteiger partial charge < -0.3 is 24.6 Å². The first-order valence-corrected chi connectivity index (χ1v) is 14.3. The number of ketones is 1. The Morgan fingerprint density at radius 2 is 1.51 bits per heavy atom. The average molecular weight is 607 g/mol. The Kier molecular flexibility index (Phi) is 9.13. The number of hydrogen-bond acceptors (Lipinski definition) is 7. The Bertz CT molecular complexity index is 1720. The predicted octanol–water partition coefficient (Wildman–Crippen LogP) is 4.71. The fourth-order valence-corrected chi connectivity index (χ4v) is 5.22. The number of amides is 3. The van der Waals surface area contributed by atoms with E-state index in [-0.39, 0.29) is 12.1 Å². The molecule has 230 valence electrons. The summed E-state index contributed by atoms with van der Waals surface area (Å²) < 4.78 is 10.7. The van der Waals surface area contributed by atoms with Crippen molar-refractivity contribution in [3.63, 3.8) is 0 Å². The Labute approximate surface area is 261 Å². The second-order valence-electron chi connectivity index (χ2n) is 10.7. The first kappa shape index (κ1) is 30.8. The minimum Gasteiger partial charge on any atom is -0.497 e. The van der Waals surface area contributed by atoms with Crippen LogP contribution in [-0.4, -0.2) is 63.3 Å². The van der Waals surface area contributed by atoms with E-state index >= 15 is 0 Å². The number of ether oxygens (including phenoxy) is 2. The first-order chi connectivity index (χ1) is 21.7. The Hall–Kier alpha value is -5.64. The molecule has 1 heterocycles. The number of benzene rings is 4. The van der Waals surface area contributed by atoms with Crippen LogP contribution in [-0.2, 0) is 20.9 Å². The normalized spacial score (nSPS) is 12.8. The van der Waals surface area contributed by atoms with E-state index in [2.05, 4.69) is 5.32 Å². The SMILES string of the molecule is COc1ccc(CN(C(=O)CN2C(=O)C(=O)c3ccccc32)C(C(=O)Nc2ccc(N(C)C)cc2)c2cccc(OC)c2)cc1. The molecule has 0 fully saturated rings. The summed E-state index contributed by atoms with van der Waals surface area (Å²) in [5.74, 6) is -1.33. The van der Waals surface area contributed by atoms with Crippen molar-refractivity contribution in [2.45, 2.75) is 12.6 Å². The average Bonchev–Trinajstić information content (AvgIpc) is 3.29. The summed E-state index contributed by atoms with van der Waals surface area (Å²) in [5.41, 5.74) is 3.32. The summed E-state index contributed by atoms with van der Waals surface area (Å²) in [6, 6.07) is 26.8. The summed E-state index contributed by atoms with van der Waals surface area (Å²) in [6.45, 7) is -0.418. The lowest BCUT2D eigenvalue weighted by Crippen LogP contribution is -2.46. The van der Waals surface area contributed by atoms with E-state index in [0.717, 1.165) is 11.3 Å². The maximum absolute atomic E-state index is 14.3. The summed E-state index contributed by atoms with van der Waals surface area (Å²) in [7, 11) is 6.93. The molecule has 0 saturated carbocycles. The molecule has 4 aromatic rings. The highest BCUT2D eigenvalue weighted by Gasteiger charge is 2.39. The van der Waals surface area contributed by atoms with Crippen LogP contribution in [0.4, 0.5) is 17.1 Å². The van der Waals surface area contributed by atoms with E-state index in [1.807, 2.05) is 31.1 Å². The predicted molar refractivity (Wildman–Crippen MR) is 172 cm³/mol. The van der Waals surface area contributed by atoms with Crippen LogP contribution in [0.1, 0.15) is 27.5 Å². The van der Waals surface area contributed by atoms with E-state index in [1.54, 1.807) is 92.0 Å². The van der Waals surface area contributed by atoms with Crippen molar-refractivity contribution < 1.29 is 28.7 Å². The second-order valence-corrected chi connectivity index (χ2v) is 10.7. The molecule has 1 unspecified atom stereocenters. The highest BCUT2D eigenvalue weighted by atomic mass is 16.5. The van der Waals surface area contributed by atoms with Gasteiger partial charge in [-0.25, -0.2) is 0 Å². The van der Waals surface area contributed by atoms with Crippen molar-refractivity contribution in [2.75, 3.05) is 50.0 Å². The van der Waals surface area contributed by atoms with Gasteiger partial charge in [-0.2, -0.15) is 0 Å². The number of anilines is 3. The molecular weight excluding hydrogens is 572 g/mol.